The van der Waals surface area contributed by atoms with Gasteiger partial charge in [0.2, 0.25) is 0 Å². The smallest absolute Gasteiger partial charge is 0.263 e. The van der Waals surface area contributed by atoms with Crippen molar-refractivity contribution in [2.24, 2.45) is 5.92 Å². The predicted molar refractivity (Wildman–Crippen MR) is 84.0 cm³/mol. The summed E-state index contributed by atoms with van der Waals surface area (Å²) in [6.45, 7) is 8.31. The molecule has 0 aromatic carbocycles. The van der Waals surface area contributed by atoms with Crippen LogP contribution in [0.25, 0.3) is 0 Å². The van der Waals surface area contributed by atoms with Crippen molar-refractivity contribution in [1.82, 2.24) is 4.90 Å². The molecule has 0 bridgehead atoms. The van der Waals surface area contributed by atoms with Crippen LogP contribution in [0.2, 0.25) is 0 Å². The summed E-state index contributed by atoms with van der Waals surface area (Å²) in [6.07, 6.45) is 0.463. The third-order valence-electron chi connectivity index (χ3n) is 3.46. The molecule has 1 unspecified atom stereocenters. The van der Waals surface area contributed by atoms with E-state index in [1.807, 2.05) is 20.0 Å². The number of rotatable bonds is 4. The number of hydrogen-bond acceptors (Lipinski definition) is 3. The van der Waals surface area contributed by atoms with Crippen LogP contribution in [-0.2, 0) is 0 Å². The van der Waals surface area contributed by atoms with Gasteiger partial charge >= 0.3 is 0 Å². The molecule has 1 aromatic heterocycles. The number of carbonyl (C=O) groups is 1. The van der Waals surface area contributed by atoms with Gasteiger partial charge in [-0.3, -0.25) is 4.79 Å². The minimum Gasteiger partial charge on any atom is -0.395 e. The van der Waals surface area contributed by atoms with E-state index in [1.165, 1.54) is 11.3 Å². The fourth-order valence-electron chi connectivity index (χ4n) is 1.72. The molecular weight excluding hydrogens is 270 g/mol. The summed E-state index contributed by atoms with van der Waals surface area (Å²) in [5, 5.41) is 8.73. The number of hydrogen-bond donors (Lipinski definition) is 1. The molecule has 1 amide bonds. The van der Waals surface area contributed by atoms with Gasteiger partial charge in [0.15, 0.2) is 0 Å². The number of amides is 1. The zero-order valence-corrected chi connectivity index (χ0v) is 13.7. The van der Waals surface area contributed by atoms with Gasteiger partial charge in [-0.2, -0.15) is 0 Å². The Morgan fingerprint density at radius 1 is 1.45 bits per heavy atom. The highest BCUT2D eigenvalue weighted by atomic mass is 32.1. The largest absolute Gasteiger partial charge is 0.395 e. The van der Waals surface area contributed by atoms with Crippen LogP contribution < -0.4 is 0 Å². The SMILES string of the molecule is Cc1cc(C(=O)N(C)C(C)C(C)C)sc1C#CCCO. The molecular formula is C16H23NO2S. The first-order valence-corrected chi connectivity index (χ1v) is 7.67. The molecule has 3 nitrogen and oxygen atoms in total. The van der Waals surface area contributed by atoms with Crippen LogP contribution in [-0.4, -0.2) is 35.6 Å². The standard InChI is InChI=1S/C16H23NO2S/c1-11(2)13(4)17(5)16(19)15-10-12(3)14(20-15)8-6-7-9-18/h10-11,13,18H,7,9H2,1-5H3. The zero-order chi connectivity index (χ0) is 15.3. The lowest BCUT2D eigenvalue weighted by Gasteiger charge is -2.27. The summed E-state index contributed by atoms with van der Waals surface area (Å²) < 4.78 is 0. The van der Waals surface area contributed by atoms with Crippen LogP contribution in [0.4, 0.5) is 0 Å². The van der Waals surface area contributed by atoms with Gasteiger partial charge in [0, 0.05) is 19.5 Å². The number of carbonyl (C=O) groups excluding carboxylic acids is 1. The highest BCUT2D eigenvalue weighted by Gasteiger charge is 2.21. The van der Waals surface area contributed by atoms with E-state index in [4.69, 9.17) is 5.11 Å². The Kier molecular flexibility index (Phi) is 6.25. The molecule has 1 heterocycles. The second kappa shape index (κ2) is 7.47. The fraction of sp³-hybridized carbons (Fsp3) is 0.562. The van der Waals surface area contributed by atoms with Gasteiger partial charge in [0.25, 0.3) is 5.91 Å². The van der Waals surface area contributed by atoms with Crippen LogP contribution in [0.1, 0.15) is 47.3 Å². The molecule has 20 heavy (non-hydrogen) atoms. The first kappa shape index (κ1) is 16.7. The van der Waals surface area contributed by atoms with Gasteiger partial charge < -0.3 is 10.0 Å². The molecule has 1 atom stereocenters. The van der Waals surface area contributed by atoms with Gasteiger partial charge in [0.1, 0.15) is 0 Å². The number of aryl methyl sites for hydroxylation is 1. The highest BCUT2D eigenvalue weighted by Crippen LogP contribution is 2.23. The van der Waals surface area contributed by atoms with Gasteiger partial charge in [-0.15, -0.1) is 11.3 Å². The van der Waals surface area contributed by atoms with Crippen LogP contribution in [0.15, 0.2) is 6.07 Å². The molecule has 0 radical (unpaired) electrons. The van der Waals surface area contributed by atoms with Crippen LogP contribution in [0.3, 0.4) is 0 Å². The van der Waals surface area contributed by atoms with E-state index in [0.717, 1.165) is 15.3 Å². The molecule has 0 spiro atoms. The summed E-state index contributed by atoms with van der Waals surface area (Å²) >= 11 is 1.43. The van der Waals surface area contributed by atoms with Crippen molar-refractivity contribution in [3.63, 3.8) is 0 Å². The number of thiophene rings is 1. The molecule has 1 rings (SSSR count). The molecule has 0 aliphatic rings. The second-order valence-electron chi connectivity index (χ2n) is 5.30. The Hall–Kier alpha value is -1.31. The summed E-state index contributed by atoms with van der Waals surface area (Å²) in [7, 11) is 1.85. The van der Waals surface area contributed by atoms with E-state index in [1.54, 1.807) is 4.90 Å². The zero-order valence-electron chi connectivity index (χ0n) is 12.9. The van der Waals surface area contributed by atoms with Crippen molar-refractivity contribution in [3.05, 3.63) is 21.4 Å². The Morgan fingerprint density at radius 2 is 2.10 bits per heavy atom. The van der Waals surface area contributed by atoms with Gasteiger partial charge in [-0.05, 0) is 31.4 Å². The summed E-state index contributed by atoms with van der Waals surface area (Å²) in [5.41, 5.74) is 1.02. The van der Waals surface area contributed by atoms with E-state index in [9.17, 15) is 4.79 Å². The van der Waals surface area contributed by atoms with E-state index in [2.05, 4.69) is 32.6 Å². The minimum absolute atomic E-state index is 0.0505. The average Bonchev–Trinajstić information content (AvgIpc) is 2.78. The monoisotopic (exact) mass is 293 g/mol. The summed E-state index contributed by atoms with van der Waals surface area (Å²) in [4.78, 5) is 15.9. The Bertz CT molecular complexity index is 522. The van der Waals surface area contributed by atoms with E-state index in [-0.39, 0.29) is 18.6 Å². The maximum atomic E-state index is 12.4. The average molecular weight is 293 g/mol. The first-order chi connectivity index (χ1) is 9.38. The minimum atomic E-state index is 0.0505. The Balaban J connectivity index is 2.91. The van der Waals surface area contributed by atoms with Crippen LogP contribution in [0, 0.1) is 24.7 Å². The topological polar surface area (TPSA) is 40.5 Å². The normalized spacial score (nSPS) is 11.9. The van der Waals surface area contributed by atoms with E-state index >= 15 is 0 Å². The molecule has 0 fully saturated rings. The highest BCUT2D eigenvalue weighted by molar-refractivity contribution is 7.14. The van der Waals surface area contributed by atoms with Crippen LogP contribution >= 0.6 is 11.3 Å². The predicted octanol–water partition coefficient (Wildman–Crippen LogP) is 2.91. The fourth-order valence-corrected chi connectivity index (χ4v) is 2.75. The first-order valence-electron chi connectivity index (χ1n) is 6.85. The van der Waals surface area contributed by atoms with Crippen LogP contribution in [0.5, 0.6) is 0 Å². The Labute approximate surface area is 125 Å². The second-order valence-corrected chi connectivity index (χ2v) is 6.35. The third-order valence-corrected chi connectivity index (χ3v) is 4.60. The Morgan fingerprint density at radius 3 is 2.65 bits per heavy atom. The molecule has 1 N–H and O–H groups in total. The molecule has 0 aliphatic heterocycles. The third kappa shape index (κ3) is 4.09. The van der Waals surface area contributed by atoms with Crippen molar-refractivity contribution in [2.75, 3.05) is 13.7 Å². The van der Waals surface area contributed by atoms with Crippen molar-refractivity contribution >= 4 is 17.2 Å². The maximum Gasteiger partial charge on any atom is 0.263 e. The molecule has 0 saturated heterocycles. The quantitative estimate of drug-likeness (QED) is 0.867. The van der Waals surface area contributed by atoms with Gasteiger partial charge in [-0.1, -0.05) is 25.7 Å². The summed E-state index contributed by atoms with van der Waals surface area (Å²) in [5.74, 6) is 6.39. The van der Waals surface area contributed by atoms with Crippen molar-refractivity contribution < 1.29 is 9.90 Å². The van der Waals surface area contributed by atoms with Gasteiger partial charge in [-0.25, -0.2) is 0 Å². The van der Waals surface area contributed by atoms with E-state index < -0.39 is 0 Å². The lowest BCUT2D eigenvalue weighted by Crippen LogP contribution is -2.37. The van der Waals surface area contributed by atoms with Crippen molar-refractivity contribution in [3.8, 4) is 11.8 Å². The lowest BCUT2D eigenvalue weighted by molar-refractivity contribution is 0.0712. The number of nitrogens with zero attached hydrogens (tertiary/aromatic N) is 1. The molecule has 1 aromatic rings. The van der Waals surface area contributed by atoms with Crippen molar-refractivity contribution in [2.45, 2.75) is 40.2 Å². The van der Waals surface area contributed by atoms with Gasteiger partial charge in [0.05, 0.1) is 16.4 Å². The van der Waals surface area contributed by atoms with E-state index in [0.29, 0.717) is 12.3 Å². The molecule has 4 heteroatoms. The summed E-state index contributed by atoms with van der Waals surface area (Å²) in [6, 6.07) is 2.10. The molecule has 110 valence electrons. The lowest BCUT2D eigenvalue weighted by atomic mass is 10.1. The molecule has 0 saturated carbocycles. The maximum absolute atomic E-state index is 12.4. The number of aliphatic hydroxyl groups is 1. The molecule has 0 aliphatic carbocycles. The number of aliphatic hydroxyl groups excluding tert-OH is 1. The van der Waals surface area contributed by atoms with Crippen molar-refractivity contribution in [1.29, 1.82) is 0 Å².